The summed E-state index contributed by atoms with van der Waals surface area (Å²) in [5, 5.41) is 16.8. The van der Waals surface area contributed by atoms with Gasteiger partial charge in [0, 0.05) is 74.8 Å². The Morgan fingerprint density at radius 1 is 1.04 bits per heavy atom. The summed E-state index contributed by atoms with van der Waals surface area (Å²) in [6.45, 7) is 12.8. The van der Waals surface area contributed by atoms with Gasteiger partial charge in [-0.15, -0.1) is 0 Å². The lowest BCUT2D eigenvalue weighted by Gasteiger charge is -2.37. The van der Waals surface area contributed by atoms with Crippen LogP contribution in [-0.2, 0) is 59.4 Å². The number of likely N-dealkylation sites (N-methyl/N-ethyl adjacent to an activating group) is 1. The molecule has 0 aliphatic carbocycles. The van der Waals surface area contributed by atoms with Crippen LogP contribution in [0.25, 0.3) is 33.3 Å². The van der Waals surface area contributed by atoms with Crippen molar-refractivity contribution in [2.75, 3.05) is 54.0 Å². The number of pyridine rings is 1. The number of carbonyl (C=O) groups is 5. The molecule has 378 valence electrons. The highest BCUT2D eigenvalue weighted by Gasteiger charge is 2.40. The largest absolute Gasteiger partial charge is 0.508 e. The number of esters is 1. The first-order valence-electron chi connectivity index (χ1n) is 25.2. The number of benzene rings is 2. The topological polar surface area (TPSA) is 179 Å². The quantitative estimate of drug-likeness (QED) is 0.146. The predicted molar refractivity (Wildman–Crippen MR) is 270 cm³/mol. The molecule has 3 fully saturated rings. The maximum atomic E-state index is 14.8. The van der Waals surface area contributed by atoms with Gasteiger partial charge < -0.3 is 34.3 Å². The Balaban J connectivity index is 1.13. The minimum atomic E-state index is -1.17. The molecule has 3 N–H and O–H groups in total. The average Bonchev–Trinajstić information content (AvgIpc) is 4.09. The molecule has 71 heavy (non-hydrogen) atoms. The summed E-state index contributed by atoms with van der Waals surface area (Å²) < 4.78 is 14.0. The van der Waals surface area contributed by atoms with Crippen molar-refractivity contribution in [2.24, 2.45) is 17.3 Å². The van der Waals surface area contributed by atoms with Crippen LogP contribution >= 0.6 is 0 Å². The summed E-state index contributed by atoms with van der Waals surface area (Å²) in [5.41, 5.74) is 9.55. The Morgan fingerprint density at radius 2 is 1.83 bits per heavy atom. The van der Waals surface area contributed by atoms with Crippen molar-refractivity contribution in [2.45, 2.75) is 117 Å². The number of nitrogens with zero attached hydrogens (tertiary/aromatic N) is 6. The van der Waals surface area contributed by atoms with E-state index < -0.39 is 47.2 Å². The number of hydrazine groups is 1. The molecular weight excluding hydrogens is 901 g/mol. The van der Waals surface area contributed by atoms with Crippen LogP contribution < -0.4 is 10.7 Å². The molecule has 0 radical (unpaired) electrons. The van der Waals surface area contributed by atoms with Gasteiger partial charge in [0.25, 0.3) is 11.8 Å². The molecule has 4 aliphatic rings. The van der Waals surface area contributed by atoms with Gasteiger partial charge in [0.2, 0.25) is 11.8 Å². The normalized spacial score (nSPS) is 22.2. The molecule has 1 unspecified atom stereocenters. The second-order valence-electron chi connectivity index (χ2n) is 20.9. The first-order chi connectivity index (χ1) is 34.0. The SMILES string of the molecule is CCn1c(-c2cccnc2COC)c2c3cc(ccc31)-c1cc(O)cc(c1)C[C@H](NC(=O)[C@H](C(C)C)N(C)C(=O)C1CCN(C(=O)C#C[C@H]3CCCN3C)C1)C(=O)N1CCC[C@H](N1)C(=O)OCC(C)(C)C2. The number of hydrogen-bond donors (Lipinski definition) is 3. The van der Waals surface area contributed by atoms with Crippen molar-refractivity contribution in [3.05, 3.63) is 71.5 Å². The van der Waals surface area contributed by atoms with E-state index in [1.54, 1.807) is 37.4 Å². The smallest absolute Gasteiger partial charge is 0.324 e. The summed E-state index contributed by atoms with van der Waals surface area (Å²) in [4.78, 5) is 80.7. The van der Waals surface area contributed by atoms with E-state index in [1.807, 2.05) is 39.1 Å². The lowest BCUT2D eigenvalue weighted by Crippen LogP contribution is -2.62. The Morgan fingerprint density at radius 3 is 2.56 bits per heavy atom. The summed E-state index contributed by atoms with van der Waals surface area (Å²) in [5.74, 6) is 2.95. The van der Waals surface area contributed by atoms with Crippen LogP contribution in [0.15, 0.2) is 54.7 Å². The van der Waals surface area contributed by atoms with E-state index in [1.165, 1.54) is 9.91 Å². The molecule has 3 saturated heterocycles. The highest BCUT2D eigenvalue weighted by Crippen LogP contribution is 2.41. The maximum absolute atomic E-state index is 14.8. The minimum Gasteiger partial charge on any atom is -0.508 e. The Labute approximate surface area is 417 Å². The Kier molecular flexibility index (Phi) is 15.5. The number of aromatic nitrogens is 2. The molecule has 2 aromatic carbocycles. The van der Waals surface area contributed by atoms with E-state index in [-0.39, 0.29) is 55.6 Å². The number of phenolic OH excluding ortho intramolecular Hbond substituents is 1. The van der Waals surface area contributed by atoms with Gasteiger partial charge in [-0.1, -0.05) is 45.7 Å². The fourth-order valence-corrected chi connectivity index (χ4v) is 11.0. The number of likely N-dealkylation sites (tertiary alicyclic amines) is 2. The first kappa shape index (κ1) is 51.1. The van der Waals surface area contributed by atoms with Crippen LogP contribution in [0.1, 0.15) is 83.5 Å². The number of nitrogens with one attached hydrogen (secondary N) is 2. The molecule has 8 rings (SSSR count). The second kappa shape index (κ2) is 21.6. The van der Waals surface area contributed by atoms with Gasteiger partial charge in [-0.2, -0.15) is 0 Å². The molecular formula is C55H70N8O8. The number of fused-ring (bicyclic) bond motifs is 6. The number of carbonyl (C=O) groups excluding carboxylic acids is 5. The van der Waals surface area contributed by atoms with Crippen molar-refractivity contribution in [3.8, 4) is 40.0 Å². The van der Waals surface area contributed by atoms with Crippen LogP contribution in [0, 0.1) is 29.1 Å². The monoisotopic (exact) mass is 971 g/mol. The van der Waals surface area contributed by atoms with Crippen LogP contribution in [0.3, 0.4) is 0 Å². The number of aromatic hydroxyl groups is 1. The van der Waals surface area contributed by atoms with Crippen LogP contribution in [0.5, 0.6) is 5.75 Å². The van der Waals surface area contributed by atoms with Crippen molar-refractivity contribution >= 4 is 40.5 Å². The zero-order valence-electron chi connectivity index (χ0n) is 42.5. The summed E-state index contributed by atoms with van der Waals surface area (Å²) in [6, 6.07) is 12.5. The molecule has 6 bridgehead atoms. The predicted octanol–water partition coefficient (Wildman–Crippen LogP) is 5.32. The van der Waals surface area contributed by atoms with E-state index >= 15 is 0 Å². The number of hydrogen-bond acceptors (Lipinski definition) is 11. The van der Waals surface area contributed by atoms with Gasteiger partial charge in [0.15, 0.2) is 0 Å². The number of cyclic esters (lactones) is 1. The Hall–Kier alpha value is -6.28. The van der Waals surface area contributed by atoms with Gasteiger partial charge in [-0.25, -0.2) is 5.43 Å². The zero-order valence-corrected chi connectivity index (χ0v) is 42.5. The summed E-state index contributed by atoms with van der Waals surface area (Å²) in [6.07, 6.45) is 5.64. The summed E-state index contributed by atoms with van der Waals surface area (Å²) in [7, 11) is 5.25. The van der Waals surface area contributed by atoms with E-state index in [4.69, 9.17) is 14.5 Å². The van der Waals surface area contributed by atoms with Gasteiger partial charge in [0.1, 0.15) is 23.9 Å². The number of aryl methyl sites for hydroxylation is 1. The van der Waals surface area contributed by atoms with Crippen molar-refractivity contribution < 1.29 is 38.6 Å². The third kappa shape index (κ3) is 11.1. The average molecular weight is 971 g/mol. The highest BCUT2D eigenvalue weighted by molar-refractivity contribution is 5.97. The van der Waals surface area contributed by atoms with E-state index in [9.17, 15) is 29.1 Å². The summed E-state index contributed by atoms with van der Waals surface area (Å²) >= 11 is 0. The third-order valence-corrected chi connectivity index (χ3v) is 14.6. The van der Waals surface area contributed by atoms with Crippen molar-refractivity contribution in [1.82, 2.24) is 40.0 Å². The Bertz CT molecular complexity index is 2740. The van der Waals surface area contributed by atoms with Gasteiger partial charge in [0.05, 0.1) is 36.6 Å². The molecule has 5 atom stereocenters. The number of phenols is 1. The fourth-order valence-electron chi connectivity index (χ4n) is 11.0. The molecule has 16 heteroatoms. The standard InChI is InChI=1S/C55H70N8O8/c1-9-62-47-18-16-36-29-42(47)43(50(62)41-14-10-21-56-46(41)32-70-8)30-55(4,5)33-71-54(69)44-15-12-23-63(58-44)53(68)45(27-35-25-38(36)28-40(64)26-35)57-51(66)49(34(2)3)60(7)52(67)37-20-24-61(31-37)48(65)19-17-39-13-11-22-59(39)6/h10,14,16,18,21,25-26,28-29,34,37,39,44-45,49,58,64H,9,11-13,15,20,22-24,27,30-33H2,1-8H3,(H,57,66)/t37?,39-,44+,45+,49+/m1/s1. The lowest BCUT2D eigenvalue weighted by molar-refractivity contribution is -0.155. The number of ether oxygens (including phenoxy) is 2. The molecule has 4 aliphatic heterocycles. The van der Waals surface area contributed by atoms with Crippen molar-refractivity contribution in [3.63, 3.8) is 0 Å². The molecule has 2 aromatic heterocycles. The lowest BCUT2D eigenvalue weighted by atomic mass is 9.84. The number of amides is 4. The second-order valence-corrected chi connectivity index (χ2v) is 20.9. The van der Waals surface area contributed by atoms with Crippen LogP contribution in [-0.4, -0.2) is 142 Å². The first-order valence-corrected chi connectivity index (χ1v) is 25.2. The van der Waals surface area contributed by atoms with Crippen LogP contribution in [0.2, 0.25) is 0 Å². The highest BCUT2D eigenvalue weighted by atomic mass is 16.5. The maximum Gasteiger partial charge on any atom is 0.324 e. The third-order valence-electron chi connectivity index (χ3n) is 14.6. The minimum absolute atomic E-state index is 0.0116. The van der Waals surface area contributed by atoms with E-state index in [2.05, 4.69) is 71.0 Å². The fraction of sp³-hybridized carbons (Fsp3) is 0.527. The molecule has 6 heterocycles. The van der Waals surface area contributed by atoms with Gasteiger partial charge in [-0.05, 0) is 130 Å². The van der Waals surface area contributed by atoms with E-state index in [0.29, 0.717) is 50.9 Å². The zero-order chi connectivity index (χ0) is 50.7. The van der Waals surface area contributed by atoms with Crippen molar-refractivity contribution in [1.29, 1.82) is 0 Å². The molecule has 16 nitrogen and oxygen atoms in total. The number of methoxy groups -OCH3 is 1. The van der Waals surface area contributed by atoms with Crippen LogP contribution in [0.4, 0.5) is 0 Å². The van der Waals surface area contributed by atoms with Gasteiger partial charge >= 0.3 is 5.97 Å². The molecule has 0 spiro atoms. The number of rotatable bonds is 9. The van der Waals surface area contributed by atoms with E-state index in [0.717, 1.165) is 63.9 Å². The molecule has 4 amide bonds. The molecule has 4 aromatic rings. The van der Waals surface area contributed by atoms with Gasteiger partial charge in [-0.3, -0.25) is 38.9 Å². The molecule has 0 saturated carbocycles.